The molecule has 0 aliphatic carbocycles. The Morgan fingerprint density at radius 1 is 1.50 bits per heavy atom. The first-order valence-corrected chi connectivity index (χ1v) is 4.05. The molecule has 0 aromatic heterocycles. The van der Waals surface area contributed by atoms with Gasteiger partial charge in [-0.1, -0.05) is 39.6 Å². The first-order chi connectivity index (χ1) is 4.50. The SMILES string of the molecule is CC1[B]C(C(C)(C)C)=CC1. The zero-order chi connectivity index (χ0) is 7.78. The highest BCUT2D eigenvalue weighted by Gasteiger charge is 2.23. The highest BCUT2D eigenvalue weighted by molar-refractivity contribution is 6.48. The van der Waals surface area contributed by atoms with Crippen molar-refractivity contribution in [1.82, 2.24) is 0 Å². The summed E-state index contributed by atoms with van der Waals surface area (Å²) in [6.45, 7) is 9.09. The van der Waals surface area contributed by atoms with Gasteiger partial charge in [0, 0.05) is 0 Å². The van der Waals surface area contributed by atoms with E-state index in [1.165, 1.54) is 11.9 Å². The first-order valence-electron chi connectivity index (χ1n) is 4.05. The summed E-state index contributed by atoms with van der Waals surface area (Å²) in [6, 6.07) is 0. The summed E-state index contributed by atoms with van der Waals surface area (Å²) in [5, 5.41) is 0. The van der Waals surface area contributed by atoms with Gasteiger partial charge in [0.15, 0.2) is 0 Å². The Balaban J connectivity index is 2.60. The van der Waals surface area contributed by atoms with E-state index in [1.54, 1.807) is 0 Å². The molecule has 1 rings (SSSR count). The van der Waals surface area contributed by atoms with Gasteiger partial charge in [0.25, 0.3) is 0 Å². The van der Waals surface area contributed by atoms with Crippen LogP contribution in [0.1, 0.15) is 34.1 Å². The van der Waals surface area contributed by atoms with Crippen LogP contribution in [0, 0.1) is 5.41 Å². The fraction of sp³-hybridized carbons (Fsp3) is 0.778. The van der Waals surface area contributed by atoms with Crippen LogP contribution in [0.15, 0.2) is 11.5 Å². The number of allylic oxidation sites excluding steroid dienone is 2. The molecule has 1 aliphatic heterocycles. The van der Waals surface area contributed by atoms with Crippen LogP contribution in [0.5, 0.6) is 0 Å². The van der Waals surface area contributed by atoms with Gasteiger partial charge in [-0.2, -0.15) is 0 Å². The Bertz CT molecular complexity index is 151. The van der Waals surface area contributed by atoms with E-state index in [2.05, 4.69) is 41.1 Å². The second kappa shape index (κ2) is 2.45. The minimum absolute atomic E-state index is 0.366. The van der Waals surface area contributed by atoms with E-state index in [9.17, 15) is 0 Å². The molecule has 0 spiro atoms. The molecule has 1 heteroatoms. The zero-order valence-electron chi connectivity index (χ0n) is 7.44. The van der Waals surface area contributed by atoms with Crippen LogP contribution in [-0.4, -0.2) is 7.28 Å². The zero-order valence-corrected chi connectivity index (χ0v) is 7.44. The van der Waals surface area contributed by atoms with Gasteiger partial charge in [0.1, 0.15) is 7.28 Å². The lowest BCUT2D eigenvalue weighted by molar-refractivity contribution is 0.529. The fourth-order valence-corrected chi connectivity index (χ4v) is 1.31. The summed E-state index contributed by atoms with van der Waals surface area (Å²) in [6.07, 6.45) is 3.61. The molecule has 55 valence electrons. The van der Waals surface area contributed by atoms with Crippen molar-refractivity contribution in [2.75, 3.05) is 0 Å². The van der Waals surface area contributed by atoms with Crippen LogP contribution in [0.4, 0.5) is 0 Å². The summed E-state index contributed by atoms with van der Waals surface area (Å²) in [5.41, 5.74) is 1.89. The van der Waals surface area contributed by atoms with Crippen LogP contribution >= 0.6 is 0 Å². The summed E-state index contributed by atoms with van der Waals surface area (Å²) in [5.74, 6) is 0.772. The molecule has 0 aromatic carbocycles. The Kier molecular flexibility index (Phi) is 1.93. The Hall–Kier alpha value is -0.195. The maximum Gasteiger partial charge on any atom is 0.149 e. The molecular weight excluding hydrogens is 119 g/mol. The largest absolute Gasteiger partial charge is 0.149 e. The van der Waals surface area contributed by atoms with Gasteiger partial charge in [-0.15, -0.1) is 5.47 Å². The van der Waals surface area contributed by atoms with Crippen molar-refractivity contribution in [3.63, 3.8) is 0 Å². The van der Waals surface area contributed by atoms with Crippen molar-refractivity contribution in [3.8, 4) is 0 Å². The maximum atomic E-state index is 2.39. The van der Waals surface area contributed by atoms with Crippen LogP contribution < -0.4 is 0 Å². The molecule has 1 radical (unpaired) electrons. The number of hydrogen-bond donors (Lipinski definition) is 0. The fourth-order valence-electron chi connectivity index (χ4n) is 1.31. The molecule has 0 saturated heterocycles. The Morgan fingerprint density at radius 3 is 2.30 bits per heavy atom. The van der Waals surface area contributed by atoms with Crippen LogP contribution in [0.2, 0.25) is 5.82 Å². The van der Waals surface area contributed by atoms with Crippen molar-refractivity contribution < 1.29 is 0 Å². The van der Waals surface area contributed by atoms with Crippen molar-refractivity contribution in [3.05, 3.63) is 11.5 Å². The molecule has 0 saturated carbocycles. The van der Waals surface area contributed by atoms with E-state index in [-0.39, 0.29) is 0 Å². The van der Waals surface area contributed by atoms with E-state index < -0.39 is 0 Å². The van der Waals surface area contributed by atoms with Crippen LogP contribution in [0.3, 0.4) is 0 Å². The van der Waals surface area contributed by atoms with Crippen molar-refractivity contribution in [2.45, 2.75) is 39.9 Å². The van der Waals surface area contributed by atoms with E-state index in [1.807, 2.05) is 0 Å². The van der Waals surface area contributed by atoms with Gasteiger partial charge >= 0.3 is 0 Å². The molecule has 0 amide bonds. The summed E-state index contributed by atoms with van der Waals surface area (Å²) in [4.78, 5) is 0. The van der Waals surface area contributed by atoms with Crippen molar-refractivity contribution in [1.29, 1.82) is 0 Å². The lowest BCUT2D eigenvalue weighted by atomic mass is 9.56. The standard InChI is InChI=1S/C9H16B/c1-7-5-6-8(10-7)9(2,3)4/h6-7H,5H2,1-4H3. The van der Waals surface area contributed by atoms with Gasteiger partial charge in [-0.3, -0.25) is 0 Å². The van der Waals surface area contributed by atoms with Crippen molar-refractivity contribution in [2.24, 2.45) is 5.41 Å². The highest BCUT2D eigenvalue weighted by Crippen LogP contribution is 2.33. The van der Waals surface area contributed by atoms with Crippen LogP contribution in [0.25, 0.3) is 0 Å². The maximum absolute atomic E-state index is 2.39. The van der Waals surface area contributed by atoms with Gasteiger partial charge in [0.2, 0.25) is 0 Å². The lowest BCUT2D eigenvalue weighted by Gasteiger charge is -2.20. The Morgan fingerprint density at radius 2 is 2.10 bits per heavy atom. The van der Waals surface area contributed by atoms with E-state index in [0.29, 0.717) is 5.41 Å². The smallest absolute Gasteiger partial charge is 0.107 e. The van der Waals surface area contributed by atoms with Gasteiger partial charge in [-0.05, 0) is 11.8 Å². The molecule has 0 N–H and O–H groups in total. The summed E-state index contributed by atoms with van der Waals surface area (Å²) in [7, 11) is 2.39. The minimum Gasteiger partial charge on any atom is -0.107 e. The monoisotopic (exact) mass is 135 g/mol. The molecular formula is C9H16B. The molecule has 0 bridgehead atoms. The van der Waals surface area contributed by atoms with Crippen molar-refractivity contribution >= 4 is 7.28 Å². The van der Waals surface area contributed by atoms with E-state index in [4.69, 9.17) is 0 Å². The predicted octanol–water partition coefficient (Wildman–Crippen LogP) is 2.83. The quantitative estimate of drug-likeness (QED) is 0.448. The van der Waals surface area contributed by atoms with Gasteiger partial charge in [-0.25, -0.2) is 0 Å². The second-order valence-corrected chi connectivity index (χ2v) is 4.29. The molecule has 0 nitrogen and oxygen atoms in total. The molecule has 0 fully saturated rings. The summed E-state index contributed by atoms with van der Waals surface area (Å²) < 4.78 is 0. The third-order valence-electron chi connectivity index (χ3n) is 2.04. The third kappa shape index (κ3) is 1.65. The van der Waals surface area contributed by atoms with E-state index >= 15 is 0 Å². The molecule has 1 heterocycles. The minimum atomic E-state index is 0.366. The molecule has 1 unspecified atom stereocenters. The Labute approximate surface area is 65.0 Å². The molecule has 1 aliphatic rings. The molecule has 10 heavy (non-hydrogen) atoms. The number of rotatable bonds is 0. The second-order valence-electron chi connectivity index (χ2n) is 4.29. The average Bonchev–Trinajstić information content (AvgIpc) is 2.11. The predicted molar refractivity (Wildman–Crippen MR) is 47.3 cm³/mol. The number of hydrogen-bond acceptors (Lipinski definition) is 0. The molecule has 1 atom stereocenters. The van der Waals surface area contributed by atoms with Gasteiger partial charge < -0.3 is 0 Å². The first kappa shape index (κ1) is 7.91. The summed E-state index contributed by atoms with van der Waals surface area (Å²) >= 11 is 0. The topological polar surface area (TPSA) is 0 Å². The third-order valence-corrected chi connectivity index (χ3v) is 2.04. The van der Waals surface area contributed by atoms with Crippen LogP contribution in [-0.2, 0) is 0 Å². The normalized spacial score (nSPS) is 26.0. The lowest BCUT2D eigenvalue weighted by Crippen LogP contribution is -2.13. The van der Waals surface area contributed by atoms with Gasteiger partial charge in [0.05, 0.1) is 0 Å². The van der Waals surface area contributed by atoms with E-state index in [0.717, 1.165) is 5.82 Å². The average molecular weight is 135 g/mol. The highest BCUT2D eigenvalue weighted by atomic mass is 14.2. The molecule has 0 aromatic rings.